The Labute approximate surface area is 93.1 Å². The Kier molecular flexibility index (Phi) is 4.23. The van der Waals surface area contributed by atoms with Gasteiger partial charge >= 0.3 is 0 Å². The molecule has 0 heterocycles. The zero-order valence-corrected chi connectivity index (χ0v) is 8.60. The number of hydrogen-bond donors (Lipinski definition) is 4. The molecule has 5 nitrogen and oxygen atoms in total. The smallest absolute Gasteiger partial charge is 0.247 e. The number of nitrogens with two attached hydrogens (primary N) is 1. The first-order chi connectivity index (χ1) is 7.69. The minimum atomic E-state index is -0.600. The van der Waals surface area contributed by atoms with Gasteiger partial charge in [-0.3, -0.25) is 10.0 Å². The summed E-state index contributed by atoms with van der Waals surface area (Å²) in [6.07, 6.45) is 0.887. The van der Waals surface area contributed by atoms with Crippen LogP contribution in [0, 0.1) is 5.41 Å². The average molecular weight is 219 g/mol. The van der Waals surface area contributed by atoms with Crippen molar-refractivity contribution in [1.82, 2.24) is 5.48 Å². The Morgan fingerprint density at radius 2 is 2.06 bits per heavy atom. The fraction of sp³-hybridized carbons (Fsp3) is 0.0909. The highest BCUT2D eigenvalue weighted by Gasteiger charge is 2.08. The summed E-state index contributed by atoms with van der Waals surface area (Å²) in [7, 11) is 0. The van der Waals surface area contributed by atoms with Gasteiger partial charge in [0, 0.05) is 17.5 Å². The number of hydroxylamine groups is 1. The van der Waals surface area contributed by atoms with Crippen LogP contribution >= 0.6 is 0 Å². The lowest BCUT2D eigenvalue weighted by Crippen LogP contribution is -2.20. The molecule has 5 heteroatoms. The number of carbonyl (C=O) groups excluding carboxylic acids is 1. The van der Waals surface area contributed by atoms with Crippen molar-refractivity contribution >= 4 is 17.8 Å². The summed E-state index contributed by atoms with van der Waals surface area (Å²) < 4.78 is 0. The van der Waals surface area contributed by atoms with Crippen LogP contribution in [0.4, 0.5) is 0 Å². The minimum absolute atomic E-state index is 0.124. The molecule has 0 saturated heterocycles. The molecule has 0 fully saturated rings. The van der Waals surface area contributed by atoms with E-state index in [2.05, 4.69) is 0 Å². The monoisotopic (exact) mass is 219 g/mol. The van der Waals surface area contributed by atoms with Gasteiger partial charge in [0.1, 0.15) is 0 Å². The van der Waals surface area contributed by atoms with Crippen molar-refractivity contribution in [2.24, 2.45) is 5.73 Å². The molecule has 1 aromatic rings. The highest BCUT2D eigenvalue weighted by atomic mass is 16.5. The second kappa shape index (κ2) is 5.67. The number of hydrogen-bond acceptors (Lipinski definition) is 4. The predicted molar refractivity (Wildman–Crippen MR) is 60.9 cm³/mol. The molecule has 0 aromatic heterocycles. The van der Waals surface area contributed by atoms with E-state index in [-0.39, 0.29) is 6.42 Å². The highest BCUT2D eigenvalue weighted by Crippen LogP contribution is 2.14. The quantitative estimate of drug-likeness (QED) is 0.344. The van der Waals surface area contributed by atoms with Gasteiger partial charge in [0.25, 0.3) is 0 Å². The minimum Gasteiger partial charge on any atom is -0.398 e. The first kappa shape index (κ1) is 11.9. The molecule has 0 bridgehead atoms. The van der Waals surface area contributed by atoms with Crippen molar-refractivity contribution in [3.8, 4) is 0 Å². The summed E-state index contributed by atoms with van der Waals surface area (Å²) in [5, 5.41) is 15.6. The molecule has 5 N–H and O–H groups in total. The van der Waals surface area contributed by atoms with Crippen molar-refractivity contribution in [3.05, 3.63) is 41.5 Å². The lowest BCUT2D eigenvalue weighted by Gasteiger charge is -2.06. The first-order valence-corrected chi connectivity index (χ1v) is 4.66. The van der Waals surface area contributed by atoms with E-state index < -0.39 is 5.91 Å². The molecule has 84 valence electrons. The van der Waals surface area contributed by atoms with E-state index in [1.807, 2.05) is 18.2 Å². The molecule has 0 aliphatic heterocycles. The van der Waals surface area contributed by atoms with Crippen LogP contribution in [0.3, 0.4) is 0 Å². The molecular weight excluding hydrogens is 206 g/mol. The molecule has 0 aliphatic carbocycles. The molecule has 0 saturated carbocycles. The van der Waals surface area contributed by atoms with Crippen LogP contribution in [0.1, 0.15) is 12.0 Å². The van der Waals surface area contributed by atoms with Crippen LogP contribution in [0.2, 0.25) is 0 Å². The van der Waals surface area contributed by atoms with Gasteiger partial charge in [0.2, 0.25) is 5.91 Å². The number of rotatable bonds is 4. The third-order valence-electron chi connectivity index (χ3n) is 2.08. The van der Waals surface area contributed by atoms with Crippen LogP contribution < -0.4 is 11.2 Å². The van der Waals surface area contributed by atoms with Crippen molar-refractivity contribution in [3.63, 3.8) is 0 Å². The number of benzene rings is 1. The summed E-state index contributed by atoms with van der Waals surface area (Å²) in [4.78, 5) is 11.0. The summed E-state index contributed by atoms with van der Waals surface area (Å²) >= 11 is 0. The molecular formula is C11H13N3O2. The zero-order chi connectivity index (χ0) is 12.0. The summed E-state index contributed by atoms with van der Waals surface area (Å²) in [5.74, 6) is -0.600. The van der Waals surface area contributed by atoms with Gasteiger partial charge in [-0.05, 0) is 5.56 Å². The van der Waals surface area contributed by atoms with Crippen LogP contribution in [0.15, 0.2) is 35.9 Å². The Bertz CT molecular complexity index is 412. The Balaban J connectivity index is 3.00. The SMILES string of the molecule is N=C/C(CC(=O)NO)=C(\N)c1ccccc1. The van der Waals surface area contributed by atoms with E-state index in [1.165, 1.54) is 5.48 Å². The van der Waals surface area contributed by atoms with Crippen molar-refractivity contribution in [1.29, 1.82) is 5.41 Å². The van der Waals surface area contributed by atoms with E-state index in [9.17, 15) is 4.79 Å². The van der Waals surface area contributed by atoms with Crippen molar-refractivity contribution in [2.75, 3.05) is 0 Å². The molecule has 1 aromatic carbocycles. The van der Waals surface area contributed by atoms with E-state index in [1.54, 1.807) is 12.1 Å². The van der Waals surface area contributed by atoms with E-state index >= 15 is 0 Å². The number of amides is 1. The Morgan fingerprint density at radius 3 is 2.56 bits per heavy atom. The van der Waals surface area contributed by atoms with Crippen molar-refractivity contribution < 1.29 is 10.0 Å². The van der Waals surface area contributed by atoms with E-state index in [0.29, 0.717) is 11.3 Å². The van der Waals surface area contributed by atoms with Crippen LogP contribution in [0.5, 0.6) is 0 Å². The first-order valence-electron chi connectivity index (χ1n) is 4.66. The van der Waals surface area contributed by atoms with Gasteiger partial charge in [-0.2, -0.15) is 0 Å². The standard InChI is InChI=1S/C11H13N3O2/c12-7-9(6-10(15)14-16)11(13)8-4-2-1-3-5-8/h1-5,7,12,16H,6,13H2,(H,14,15)/b11-9-,12-7?. The lowest BCUT2D eigenvalue weighted by molar-refractivity contribution is -0.128. The molecule has 1 rings (SSSR count). The van der Waals surface area contributed by atoms with Gasteiger partial charge in [-0.15, -0.1) is 0 Å². The summed E-state index contributed by atoms with van der Waals surface area (Å²) in [6, 6.07) is 9.05. The fourth-order valence-corrected chi connectivity index (χ4v) is 1.24. The van der Waals surface area contributed by atoms with E-state index in [0.717, 1.165) is 11.8 Å². The zero-order valence-electron chi connectivity index (χ0n) is 8.60. The predicted octanol–water partition coefficient (Wildman–Crippen LogP) is 0.901. The van der Waals surface area contributed by atoms with Gasteiger partial charge < -0.3 is 11.1 Å². The third kappa shape index (κ3) is 2.93. The molecule has 1 amide bonds. The Morgan fingerprint density at radius 1 is 1.44 bits per heavy atom. The third-order valence-corrected chi connectivity index (χ3v) is 2.08. The van der Waals surface area contributed by atoms with Crippen LogP contribution in [-0.2, 0) is 4.79 Å². The molecule has 0 radical (unpaired) electrons. The second-order valence-electron chi connectivity index (χ2n) is 3.16. The van der Waals surface area contributed by atoms with E-state index in [4.69, 9.17) is 16.4 Å². The number of nitrogens with one attached hydrogen (secondary N) is 2. The van der Waals surface area contributed by atoms with Crippen LogP contribution in [-0.4, -0.2) is 17.3 Å². The van der Waals surface area contributed by atoms with Crippen LogP contribution in [0.25, 0.3) is 5.70 Å². The largest absolute Gasteiger partial charge is 0.398 e. The van der Waals surface area contributed by atoms with Gasteiger partial charge in [-0.1, -0.05) is 30.3 Å². The lowest BCUT2D eigenvalue weighted by atomic mass is 10.1. The molecule has 16 heavy (non-hydrogen) atoms. The van der Waals surface area contributed by atoms with Gasteiger partial charge in [-0.25, -0.2) is 5.48 Å². The molecule has 0 atom stereocenters. The maximum Gasteiger partial charge on any atom is 0.247 e. The van der Waals surface area contributed by atoms with Gasteiger partial charge in [0.15, 0.2) is 0 Å². The molecule has 0 unspecified atom stereocenters. The van der Waals surface area contributed by atoms with Crippen molar-refractivity contribution in [2.45, 2.75) is 6.42 Å². The summed E-state index contributed by atoms with van der Waals surface area (Å²) in [5.41, 5.74) is 8.79. The highest BCUT2D eigenvalue weighted by molar-refractivity contribution is 5.95. The normalized spacial score (nSPS) is 11.6. The topological polar surface area (TPSA) is 99.2 Å². The average Bonchev–Trinajstić information content (AvgIpc) is 2.35. The van der Waals surface area contributed by atoms with Gasteiger partial charge in [0.05, 0.1) is 6.42 Å². The number of carbonyl (C=O) groups is 1. The molecule has 0 aliphatic rings. The maximum atomic E-state index is 11.0. The second-order valence-corrected chi connectivity index (χ2v) is 3.16. The maximum absolute atomic E-state index is 11.0. The summed E-state index contributed by atoms with van der Waals surface area (Å²) in [6.45, 7) is 0. The fourth-order valence-electron chi connectivity index (χ4n) is 1.24. The molecule has 0 spiro atoms. The Hall–Kier alpha value is -2.14.